The molecular formula is C16H32O2. The Balaban J connectivity index is 3.36. The van der Waals surface area contributed by atoms with Crippen molar-refractivity contribution < 1.29 is 9.90 Å². The molecule has 0 fully saturated rings. The molecule has 0 radical (unpaired) electrons. The van der Waals surface area contributed by atoms with E-state index in [1.54, 1.807) is 0 Å². The SMILES string of the molecule is CCCCCCCCCCCC(C(=O)O)C(C)C. The Kier molecular flexibility index (Phi) is 11.2. The number of hydrogen-bond donors (Lipinski definition) is 1. The fraction of sp³-hybridized carbons (Fsp3) is 0.938. The fourth-order valence-electron chi connectivity index (χ4n) is 2.42. The van der Waals surface area contributed by atoms with E-state index in [1.165, 1.54) is 51.4 Å². The topological polar surface area (TPSA) is 37.3 Å². The van der Waals surface area contributed by atoms with Crippen molar-refractivity contribution in [1.82, 2.24) is 0 Å². The smallest absolute Gasteiger partial charge is 0.306 e. The van der Waals surface area contributed by atoms with Gasteiger partial charge in [0.25, 0.3) is 0 Å². The lowest BCUT2D eigenvalue weighted by Crippen LogP contribution is -2.19. The van der Waals surface area contributed by atoms with Crippen LogP contribution in [0.25, 0.3) is 0 Å². The number of rotatable bonds is 12. The van der Waals surface area contributed by atoms with Crippen LogP contribution in [0.4, 0.5) is 0 Å². The van der Waals surface area contributed by atoms with Crippen molar-refractivity contribution in [3.63, 3.8) is 0 Å². The number of carboxylic acid groups (broad SMARTS) is 1. The number of carboxylic acids is 1. The third kappa shape index (κ3) is 9.49. The first-order valence-corrected chi connectivity index (χ1v) is 7.82. The third-order valence-corrected chi connectivity index (χ3v) is 3.74. The molecule has 18 heavy (non-hydrogen) atoms. The van der Waals surface area contributed by atoms with Crippen LogP contribution in [0.1, 0.15) is 85.0 Å². The Morgan fingerprint density at radius 1 is 0.889 bits per heavy atom. The van der Waals surface area contributed by atoms with Crippen LogP contribution in [-0.4, -0.2) is 11.1 Å². The van der Waals surface area contributed by atoms with Crippen LogP contribution in [0.15, 0.2) is 0 Å². The monoisotopic (exact) mass is 256 g/mol. The maximum absolute atomic E-state index is 11.0. The Bertz CT molecular complexity index is 199. The van der Waals surface area contributed by atoms with E-state index in [0.717, 1.165) is 12.8 Å². The summed E-state index contributed by atoms with van der Waals surface area (Å²) in [6, 6.07) is 0. The summed E-state index contributed by atoms with van der Waals surface area (Å²) in [5, 5.41) is 9.07. The first kappa shape index (κ1) is 17.5. The number of unbranched alkanes of at least 4 members (excludes halogenated alkanes) is 8. The quantitative estimate of drug-likeness (QED) is 0.483. The highest BCUT2D eigenvalue weighted by atomic mass is 16.4. The van der Waals surface area contributed by atoms with Crippen molar-refractivity contribution in [2.45, 2.75) is 85.0 Å². The second-order valence-electron chi connectivity index (χ2n) is 5.81. The summed E-state index contributed by atoms with van der Waals surface area (Å²) in [5.74, 6) is -0.504. The van der Waals surface area contributed by atoms with Crippen molar-refractivity contribution in [1.29, 1.82) is 0 Å². The molecule has 0 rings (SSSR count). The van der Waals surface area contributed by atoms with Gasteiger partial charge in [0.05, 0.1) is 5.92 Å². The molecule has 0 aliphatic rings. The lowest BCUT2D eigenvalue weighted by atomic mass is 9.90. The van der Waals surface area contributed by atoms with Gasteiger partial charge in [-0.3, -0.25) is 4.79 Å². The van der Waals surface area contributed by atoms with Gasteiger partial charge in [-0.2, -0.15) is 0 Å². The van der Waals surface area contributed by atoms with E-state index in [9.17, 15) is 4.79 Å². The average Bonchev–Trinajstić information content (AvgIpc) is 2.30. The lowest BCUT2D eigenvalue weighted by Gasteiger charge is -2.15. The number of hydrogen-bond acceptors (Lipinski definition) is 1. The zero-order valence-electron chi connectivity index (χ0n) is 12.6. The third-order valence-electron chi connectivity index (χ3n) is 3.74. The van der Waals surface area contributed by atoms with Crippen LogP contribution in [0.2, 0.25) is 0 Å². The second kappa shape index (κ2) is 11.6. The highest BCUT2D eigenvalue weighted by Gasteiger charge is 2.20. The minimum absolute atomic E-state index is 0.144. The summed E-state index contributed by atoms with van der Waals surface area (Å²) in [6.07, 6.45) is 12.5. The van der Waals surface area contributed by atoms with Crippen LogP contribution in [0.5, 0.6) is 0 Å². The molecule has 0 aliphatic heterocycles. The van der Waals surface area contributed by atoms with E-state index in [1.807, 2.05) is 13.8 Å². The molecule has 0 aliphatic carbocycles. The van der Waals surface area contributed by atoms with Crippen LogP contribution < -0.4 is 0 Å². The molecule has 0 spiro atoms. The molecule has 0 heterocycles. The van der Waals surface area contributed by atoms with Gasteiger partial charge in [0.15, 0.2) is 0 Å². The molecule has 0 aromatic heterocycles. The highest BCUT2D eigenvalue weighted by molar-refractivity contribution is 5.70. The van der Waals surface area contributed by atoms with E-state index >= 15 is 0 Å². The summed E-state index contributed by atoms with van der Waals surface area (Å²) >= 11 is 0. The van der Waals surface area contributed by atoms with Gasteiger partial charge in [-0.1, -0.05) is 78.6 Å². The molecule has 0 bridgehead atoms. The van der Waals surface area contributed by atoms with Gasteiger partial charge >= 0.3 is 5.97 Å². The van der Waals surface area contributed by atoms with E-state index < -0.39 is 5.97 Å². The number of carbonyl (C=O) groups is 1. The van der Waals surface area contributed by atoms with E-state index in [4.69, 9.17) is 5.11 Å². The van der Waals surface area contributed by atoms with Crippen molar-refractivity contribution in [2.75, 3.05) is 0 Å². The Morgan fingerprint density at radius 2 is 1.33 bits per heavy atom. The predicted molar refractivity (Wildman–Crippen MR) is 77.8 cm³/mol. The maximum atomic E-state index is 11.0. The maximum Gasteiger partial charge on any atom is 0.306 e. The van der Waals surface area contributed by atoms with Crippen molar-refractivity contribution >= 4 is 5.97 Å². The van der Waals surface area contributed by atoms with Gasteiger partial charge < -0.3 is 5.11 Å². The van der Waals surface area contributed by atoms with Crippen LogP contribution in [-0.2, 0) is 4.79 Å². The Hall–Kier alpha value is -0.530. The van der Waals surface area contributed by atoms with Gasteiger partial charge in [0.2, 0.25) is 0 Å². The van der Waals surface area contributed by atoms with Crippen LogP contribution in [0, 0.1) is 11.8 Å². The van der Waals surface area contributed by atoms with Gasteiger partial charge in [0.1, 0.15) is 0 Å². The molecule has 0 saturated heterocycles. The minimum atomic E-state index is -0.621. The van der Waals surface area contributed by atoms with Crippen molar-refractivity contribution in [3.05, 3.63) is 0 Å². The Labute approximate surface area is 113 Å². The molecule has 2 heteroatoms. The summed E-state index contributed by atoms with van der Waals surface area (Å²) in [4.78, 5) is 11.0. The second-order valence-corrected chi connectivity index (χ2v) is 5.81. The fourth-order valence-corrected chi connectivity index (χ4v) is 2.42. The van der Waals surface area contributed by atoms with E-state index in [-0.39, 0.29) is 11.8 Å². The molecule has 1 atom stereocenters. The highest BCUT2D eigenvalue weighted by Crippen LogP contribution is 2.19. The van der Waals surface area contributed by atoms with E-state index in [2.05, 4.69) is 6.92 Å². The minimum Gasteiger partial charge on any atom is -0.481 e. The van der Waals surface area contributed by atoms with Crippen molar-refractivity contribution in [3.8, 4) is 0 Å². The predicted octanol–water partition coefficient (Wildman–Crippen LogP) is 5.26. The molecule has 0 aromatic rings. The van der Waals surface area contributed by atoms with Crippen molar-refractivity contribution in [2.24, 2.45) is 11.8 Å². The summed E-state index contributed by atoms with van der Waals surface area (Å²) in [7, 11) is 0. The Morgan fingerprint density at radius 3 is 1.72 bits per heavy atom. The zero-order valence-corrected chi connectivity index (χ0v) is 12.6. The molecule has 0 saturated carbocycles. The number of aliphatic carboxylic acids is 1. The van der Waals surface area contributed by atoms with Gasteiger partial charge in [0, 0.05) is 0 Å². The van der Waals surface area contributed by atoms with Gasteiger partial charge in [-0.25, -0.2) is 0 Å². The normalized spacial score (nSPS) is 12.9. The van der Waals surface area contributed by atoms with Crippen LogP contribution >= 0.6 is 0 Å². The molecule has 1 unspecified atom stereocenters. The standard InChI is InChI=1S/C16H32O2/c1-4-5-6-7-8-9-10-11-12-13-15(14(2)3)16(17)18/h14-15H,4-13H2,1-3H3,(H,17,18). The first-order chi connectivity index (χ1) is 8.59. The summed E-state index contributed by atoms with van der Waals surface area (Å²) in [6.45, 7) is 6.26. The molecular weight excluding hydrogens is 224 g/mol. The van der Waals surface area contributed by atoms with Gasteiger partial charge in [-0.15, -0.1) is 0 Å². The molecule has 1 N–H and O–H groups in total. The molecule has 0 aromatic carbocycles. The average molecular weight is 256 g/mol. The van der Waals surface area contributed by atoms with E-state index in [0.29, 0.717) is 0 Å². The summed E-state index contributed by atoms with van der Waals surface area (Å²) in [5.41, 5.74) is 0. The van der Waals surface area contributed by atoms with Crippen LogP contribution in [0.3, 0.4) is 0 Å². The first-order valence-electron chi connectivity index (χ1n) is 7.82. The molecule has 2 nitrogen and oxygen atoms in total. The molecule has 108 valence electrons. The van der Waals surface area contributed by atoms with Gasteiger partial charge in [-0.05, 0) is 12.3 Å². The summed E-state index contributed by atoms with van der Waals surface area (Å²) < 4.78 is 0. The largest absolute Gasteiger partial charge is 0.481 e. The lowest BCUT2D eigenvalue weighted by molar-refractivity contribution is -0.143. The zero-order chi connectivity index (χ0) is 13.8. The molecule has 0 amide bonds.